The van der Waals surface area contributed by atoms with Crippen molar-refractivity contribution in [2.24, 2.45) is 0 Å². The third-order valence-corrected chi connectivity index (χ3v) is 3.62. The first kappa shape index (κ1) is 15.5. The van der Waals surface area contributed by atoms with E-state index in [4.69, 9.17) is 5.73 Å². The Morgan fingerprint density at radius 1 is 1.29 bits per heavy atom. The van der Waals surface area contributed by atoms with Crippen LogP contribution in [0.1, 0.15) is 22.8 Å². The predicted octanol–water partition coefficient (Wildman–Crippen LogP) is 3.53. The molecule has 0 heterocycles. The molecule has 110 valence electrons. The molecule has 1 unspecified atom stereocenters. The van der Waals surface area contributed by atoms with Crippen molar-refractivity contribution in [3.63, 3.8) is 0 Å². The van der Waals surface area contributed by atoms with Crippen molar-refractivity contribution in [1.82, 2.24) is 5.32 Å². The molecule has 0 fully saturated rings. The second-order valence-electron chi connectivity index (χ2n) is 4.94. The number of hydrogen-bond acceptors (Lipinski definition) is 2. The number of halogens is 2. The van der Waals surface area contributed by atoms with Gasteiger partial charge in [0.2, 0.25) is 0 Å². The second kappa shape index (κ2) is 6.72. The number of nitrogens with two attached hydrogens (primary N) is 1. The number of benzene rings is 2. The van der Waals surface area contributed by atoms with E-state index in [0.717, 1.165) is 16.1 Å². The molecule has 0 aromatic heterocycles. The SMILES string of the molecule is CC(Cc1ccc(Br)cc1)NC(=O)c1cc(F)ccc1N. The van der Waals surface area contributed by atoms with Crippen LogP contribution in [0.3, 0.4) is 0 Å². The molecule has 1 atom stereocenters. The van der Waals surface area contributed by atoms with Crippen LogP contribution in [-0.4, -0.2) is 11.9 Å². The van der Waals surface area contributed by atoms with Crippen LogP contribution in [0.4, 0.5) is 10.1 Å². The summed E-state index contributed by atoms with van der Waals surface area (Å²) in [6, 6.07) is 11.6. The van der Waals surface area contributed by atoms with Crippen molar-refractivity contribution < 1.29 is 9.18 Å². The van der Waals surface area contributed by atoms with Crippen LogP contribution in [0.15, 0.2) is 46.9 Å². The number of rotatable bonds is 4. The Morgan fingerprint density at radius 3 is 2.62 bits per heavy atom. The molecule has 0 aliphatic heterocycles. The van der Waals surface area contributed by atoms with Crippen molar-refractivity contribution in [2.75, 3.05) is 5.73 Å². The van der Waals surface area contributed by atoms with Gasteiger partial charge in [-0.25, -0.2) is 4.39 Å². The first-order chi connectivity index (χ1) is 9.95. The molecular weight excluding hydrogens is 335 g/mol. The Morgan fingerprint density at radius 2 is 1.95 bits per heavy atom. The lowest BCUT2D eigenvalue weighted by Crippen LogP contribution is -2.34. The van der Waals surface area contributed by atoms with Crippen LogP contribution in [0.2, 0.25) is 0 Å². The molecule has 2 aromatic carbocycles. The third-order valence-electron chi connectivity index (χ3n) is 3.09. The molecule has 2 aromatic rings. The summed E-state index contributed by atoms with van der Waals surface area (Å²) in [7, 11) is 0. The van der Waals surface area contributed by atoms with Gasteiger partial charge in [-0.3, -0.25) is 4.79 Å². The Labute approximate surface area is 131 Å². The van der Waals surface area contributed by atoms with E-state index in [2.05, 4.69) is 21.2 Å². The normalized spacial score (nSPS) is 12.0. The number of hydrogen-bond donors (Lipinski definition) is 2. The summed E-state index contributed by atoms with van der Waals surface area (Å²) in [5, 5.41) is 2.83. The fraction of sp³-hybridized carbons (Fsp3) is 0.188. The minimum Gasteiger partial charge on any atom is -0.398 e. The molecular formula is C16H16BrFN2O. The second-order valence-corrected chi connectivity index (χ2v) is 5.85. The van der Waals surface area contributed by atoms with Crippen LogP contribution >= 0.6 is 15.9 Å². The van der Waals surface area contributed by atoms with E-state index in [0.29, 0.717) is 6.42 Å². The van der Waals surface area contributed by atoms with Gasteiger partial charge in [0, 0.05) is 16.2 Å². The summed E-state index contributed by atoms with van der Waals surface area (Å²) >= 11 is 3.38. The maximum Gasteiger partial charge on any atom is 0.253 e. The molecule has 0 aliphatic carbocycles. The van der Waals surface area contributed by atoms with Crippen molar-refractivity contribution in [3.05, 3.63) is 63.9 Å². The van der Waals surface area contributed by atoms with Crippen LogP contribution in [0, 0.1) is 5.82 Å². The number of anilines is 1. The molecule has 1 amide bonds. The van der Waals surface area contributed by atoms with Crippen molar-refractivity contribution in [3.8, 4) is 0 Å². The zero-order chi connectivity index (χ0) is 15.4. The van der Waals surface area contributed by atoms with Gasteiger partial charge >= 0.3 is 0 Å². The molecule has 0 saturated heterocycles. The van der Waals surface area contributed by atoms with Gasteiger partial charge in [-0.05, 0) is 49.2 Å². The highest BCUT2D eigenvalue weighted by Gasteiger charge is 2.13. The van der Waals surface area contributed by atoms with Gasteiger partial charge in [0.1, 0.15) is 5.82 Å². The highest BCUT2D eigenvalue weighted by atomic mass is 79.9. The quantitative estimate of drug-likeness (QED) is 0.828. The van der Waals surface area contributed by atoms with E-state index < -0.39 is 5.82 Å². The molecule has 0 saturated carbocycles. The Balaban J connectivity index is 2.01. The number of nitrogen functional groups attached to an aromatic ring is 1. The summed E-state index contributed by atoms with van der Waals surface area (Å²) < 4.78 is 14.2. The topological polar surface area (TPSA) is 55.1 Å². The van der Waals surface area contributed by atoms with Gasteiger partial charge in [0.25, 0.3) is 5.91 Å². The molecule has 3 N–H and O–H groups in total. The van der Waals surface area contributed by atoms with Gasteiger partial charge in [-0.15, -0.1) is 0 Å². The summed E-state index contributed by atoms with van der Waals surface area (Å²) in [5.41, 5.74) is 7.24. The van der Waals surface area contributed by atoms with Crippen molar-refractivity contribution >= 4 is 27.5 Å². The molecule has 5 heteroatoms. The molecule has 21 heavy (non-hydrogen) atoms. The first-order valence-electron chi connectivity index (χ1n) is 6.56. The van der Waals surface area contributed by atoms with Crippen molar-refractivity contribution in [2.45, 2.75) is 19.4 Å². The lowest BCUT2D eigenvalue weighted by atomic mass is 10.1. The average molecular weight is 351 g/mol. The zero-order valence-corrected chi connectivity index (χ0v) is 13.2. The minimum atomic E-state index is -0.477. The smallest absolute Gasteiger partial charge is 0.253 e. The van der Waals surface area contributed by atoms with Gasteiger partial charge < -0.3 is 11.1 Å². The minimum absolute atomic E-state index is 0.0821. The Kier molecular flexibility index (Phi) is 4.96. The van der Waals surface area contributed by atoms with Crippen LogP contribution < -0.4 is 11.1 Å². The molecule has 0 aliphatic rings. The summed E-state index contributed by atoms with van der Waals surface area (Å²) in [5.74, 6) is -0.841. The van der Waals surface area contributed by atoms with E-state index in [9.17, 15) is 9.18 Å². The van der Waals surface area contributed by atoms with E-state index in [1.807, 2.05) is 31.2 Å². The Bertz CT molecular complexity index is 643. The number of amides is 1. The lowest BCUT2D eigenvalue weighted by Gasteiger charge is -2.15. The monoisotopic (exact) mass is 350 g/mol. The summed E-state index contributed by atoms with van der Waals surface area (Å²) in [6.45, 7) is 1.90. The molecule has 2 rings (SSSR count). The van der Waals surface area contributed by atoms with Crippen LogP contribution in [0.5, 0.6) is 0 Å². The summed E-state index contributed by atoms with van der Waals surface area (Å²) in [6.07, 6.45) is 0.689. The average Bonchev–Trinajstić information content (AvgIpc) is 2.44. The number of nitrogens with one attached hydrogen (secondary N) is 1. The van der Waals surface area contributed by atoms with Crippen molar-refractivity contribution in [1.29, 1.82) is 0 Å². The fourth-order valence-electron chi connectivity index (χ4n) is 2.05. The third kappa shape index (κ3) is 4.29. The van der Waals surface area contributed by atoms with E-state index in [1.165, 1.54) is 12.1 Å². The van der Waals surface area contributed by atoms with Gasteiger partial charge in [0.05, 0.1) is 5.56 Å². The fourth-order valence-corrected chi connectivity index (χ4v) is 2.32. The van der Waals surface area contributed by atoms with Gasteiger partial charge in [0.15, 0.2) is 0 Å². The highest BCUT2D eigenvalue weighted by molar-refractivity contribution is 9.10. The standard InChI is InChI=1S/C16H16BrFN2O/c1-10(8-11-2-4-12(17)5-3-11)20-16(21)14-9-13(18)6-7-15(14)19/h2-7,9-10H,8,19H2,1H3,(H,20,21). The maximum atomic E-state index is 13.2. The first-order valence-corrected chi connectivity index (χ1v) is 7.35. The maximum absolute atomic E-state index is 13.2. The number of carbonyl (C=O) groups excluding carboxylic acids is 1. The number of carbonyl (C=O) groups is 1. The highest BCUT2D eigenvalue weighted by Crippen LogP contribution is 2.15. The molecule has 0 radical (unpaired) electrons. The predicted molar refractivity (Wildman–Crippen MR) is 85.6 cm³/mol. The Hall–Kier alpha value is -1.88. The van der Waals surface area contributed by atoms with Crippen LogP contribution in [0.25, 0.3) is 0 Å². The largest absolute Gasteiger partial charge is 0.398 e. The zero-order valence-electron chi connectivity index (χ0n) is 11.6. The van der Waals surface area contributed by atoms with E-state index in [-0.39, 0.29) is 23.2 Å². The molecule has 3 nitrogen and oxygen atoms in total. The van der Waals surface area contributed by atoms with E-state index in [1.54, 1.807) is 0 Å². The van der Waals surface area contributed by atoms with Crippen LogP contribution in [-0.2, 0) is 6.42 Å². The van der Waals surface area contributed by atoms with Gasteiger partial charge in [-0.2, -0.15) is 0 Å². The van der Waals surface area contributed by atoms with Gasteiger partial charge in [-0.1, -0.05) is 28.1 Å². The molecule has 0 spiro atoms. The van der Waals surface area contributed by atoms with E-state index >= 15 is 0 Å². The lowest BCUT2D eigenvalue weighted by molar-refractivity contribution is 0.0940. The summed E-state index contributed by atoms with van der Waals surface area (Å²) in [4.78, 5) is 12.1. The molecule has 0 bridgehead atoms.